The zero-order valence-corrected chi connectivity index (χ0v) is 19.9. The summed E-state index contributed by atoms with van der Waals surface area (Å²) in [7, 11) is 0. The van der Waals surface area contributed by atoms with E-state index in [2.05, 4.69) is 15.2 Å². The fraction of sp³-hybridized carbons (Fsp3) is 0.583. The van der Waals surface area contributed by atoms with Crippen LogP contribution in [-0.2, 0) is 15.1 Å². The number of hydrogen-bond acceptors (Lipinski definition) is 6. The molecule has 4 atom stereocenters. The van der Waals surface area contributed by atoms with Gasteiger partial charge >= 0.3 is 6.36 Å². The minimum atomic E-state index is -4.64. The molecular formula is C24H25ClF3N3O5. The Balaban J connectivity index is 1.01. The second-order valence-corrected chi connectivity index (χ2v) is 10.9. The summed E-state index contributed by atoms with van der Waals surface area (Å²) in [5.74, 6) is 0.707. The zero-order valence-electron chi connectivity index (χ0n) is 19.1. The maximum atomic E-state index is 12.9. The molecule has 1 aliphatic heterocycles. The highest BCUT2D eigenvalue weighted by Crippen LogP contribution is 2.65. The third-order valence-corrected chi connectivity index (χ3v) is 7.94. The van der Waals surface area contributed by atoms with E-state index in [-0.39, 0.29) is 35.9 Å². The molecule has 8 nitrogen and oxygen atoms in total. The van der Waals surface area contributed by atoms with Crippen LogP contribution in [-0.4, -0.2) is 51.0 Å². The molecule has 0 saturated heterocycles. The lowest BCUT2D eigenvalue weighted by Gasteiger charge is -2.70. The molecule has 4 saturated carbocycles. The van der Waals surface area contributed by atoms with Gasteiger partial charge in [-0.1, -0.05) is 11.6 Å². The third-order valence-electron chi connectivity index (χ3n) is 7.70. The van der Waals surface area contributed by atoms with Gasteiger partial charge in [0.05, 0.1) is 30.1 Å². The van der Waals surface area contributed by atoms with Gasteiger partial charge in [-0.25, -0.2) is 0 Å². The van der Waals surface area contributed by atoms with Gasteiger partial charge in [-0.2, -0.15) is 5.10 Å². The Kier molecular flexibility index (Phi) is 5.47. The summed E-state index contributed by atoms with van der Waals surface area (Å²) in [4.78, 5) is 12.9. The first-order valence-corrected chi connectivity index (χ1v) is 12.3. The molecule has 0 radical (unpaired) electrons. The van der Waals surface area contributed by atoms with Crippen LogP contribution in [0.4, 0.5) is 13.2 Å². The van der Waals surface area contributed by atoms with Gasteiger partial charge in [0.2, 0.25) is 0 Å². The Morgan fingerprint density at radius 3 is 2.72 bits per heavy atom. The van der Waals surface area contributed by atoms with E-state index in [1.165, 1.54) is 0 Å². The number of fused-ring (bicyclic) bond motifs is 1. The lowest BCUT2D eigenvalue weighted by atomic mass is 9.44. The zero-order chi connectivity index (χ0) is 25.3. The number of amides is 1. The van der Waals surface area contributed by atoms with E-state index in [0.29, 0.717) is 54.2 Å². The molecule has 0 unspecified atom stereocenters. The monoisotopic (exact) mass is 527 g/mol. The highest BCUT2D eigenvalue weighted by molar-refractivity contribution is 6.30. The Labute approximate surface area is 209 Å². The largest absolute Gasteiger partial charge is 0.522 e. The fourth-order valence-corrected chi connectivity index (χ4v) is 6.33. The van der Waals surface area contributed by atoms with Gasteiger partial charge in [0.1, 0.15) is 11.9 Å². The molecule has 2 N–H and O–H groups in total. The van der Waals surface area contributed by atoms with Gasteiger partial charge in [0, 0.05) is 29.0 Å². The molecule has 12 heteroatoms. The Morgan fingerprint density at radius 2 is 1.97 bits per heavy atom. The van der Waals surface area contributed by atoms with Gasteiger partial charge < -0.3 is 19.9 Å². The average molecular weight is 528 g/mol. The number of aromatic nitrogens is 2. The molecule has 5 aliphatic rings. The number of rotatable bonds is 6. The van der Waals surface area contributed by atoms with Gasteiger partial charge in [-0.3, -0.25) is 14.2 Å². The van der Waals surface area contributed by atoms with Crippen molar-refractivity contribution < 1.29 is 37.3 Å². The Bertz CT molecular complexity index is 1170. The van der Waals surface area contributed by atoms with Crippen molar-refractivity contribution in [1.82, 2.24) is 15.1 Å². The van der Waals surface area contributed by atoms with Crippen LogP contribution < -0.4 is 14.8 Å². The van der Waals surface area contributed by atoms with Crippen molar-refractivity contribution in [2.75, 3.05) is 0 Å². The van der Waals surface area contributed by atoms with Crippen LogP contribution in [0.25, 0.3) is 0 Å². The van der Waals surface area contributed by atoms with Gasteiger partial charge in [-0.05, 0) is 50.3 Å². The molecule has 1 aromatic heterocycles. The summed E-state index contributed by atoms with van der Waals surface area (Å²) in [6.45, 7) is 0. The Morgan fingerprint density at radius 1 is 1.22 bits per heavy atom. The molecule has 0 spiro atoms. The molecule has 7 rings (SSSR count). The van der Waals surface area contributed by atoms with Crippen LogP contribution in [0.3, 0.4) is 0 Å². The number of carbonyl (C=O) groups is 1. The number of nitrogens with one attached hydrogen (secondary N) is 1. The number of ether oxygens (including phenoxy) is 3. The van der Waals surface area contributed by atoms with Crippen LogP contribution in [0.15, 0.2) is 30.6 Å². The van der Waals surface area contributed by atoms with E-state index in [4.69, 9.17) is 21.1 Å². The molecule has 1 aromatic carbocycles. The summed E-state index contributed by atoms with van der Waals surface area (Å²) in [6, 6.07) is 4.95. The summed E-state index contributed by atoms with van der Waals surface area (Å²) in [5.41, 5.74) is 0.0448. The van der Waals surface area contributed by atoms with E-state index in [0.717, 1.165) is 0 Å². The first kappa shape index (κ1) is 23.9. The minimum absolute atomic E-state index is 0.149. The van der Waals surface area contributed by atoms with E-state index < -0.39 is 24.7 Å². The van der Waals surface area contributed by atoms with Crippen LogP contribution in [0, 0.1) is 0 Å². The molecule has 2 aromatic rings. The number of carbonyl (C=O) groups excluding carboxylic acids is 1. The standard InChI is InChI=1S/C24H25ClF3N3O5/c25-13-1-4-19-17(5-13)18(32)7-20(35-19)21(33)30-22-10-23(11-22,12-22)31-9-16(8-29-31)34-14-2-3-15(6-14)36-24(26,27)28/h1,4-5,8-9,14-15,18,20,32H,2-3,6-7,10-12H2,(H,30,33)/t14-,15-,18+,20+,22?,23?/m0/s1. The number of nitrogens with zero attached hydrogens (tertiary/aromatic N) is 2. The summed E-state index contributed by atoms with van der Waals surface area (Å²) in [6.07, 6.45) is -0.910. The quantitative estimate of drug-likeness (QED) is 0.589. The lowest BCUT2D eigenvalue weighted by molar-refractivity contribution is -0.341. The number of aliphatic hydroxyl groups is 1. The second-order valence-electron chi connectivity index (χ2n) is 10.4. The van der Waals surface area contributed by atoms with Crippen molar-refractivity contribution in [2.45, 2.75) is 86.8 Å². The van der Waals surface area contributed by atoms with Crippen molar-refractivity contribution in [1.29, 1.82) is 0 Å². The van der Waals surface area contributed by atoms with Crippen molar-refractivity contribution in [3.63, 3.8) is 0 Å². The topological polar surface area (TPSA) is 94.8 Å². The third kappa shape index (κ3) is 4.31. The van der Waals surface area contributed by atoms with E-state index in [1.807, 2.05) is 4.68 Å². The summed E-state index contributed by atoms with van der Waals surface area (Å²) in [5, 5.41) is 18.4. The van der Waals surface area contributed by atoms with Crippen LogP contribution in [0.5, 0.6) is 11.5 Å². The Hall–Kier alpha value is -2.50. The normalized spacial score (nSPS) is 34.7. The second kappa shape index (κ2) is 8.26. The van der Waals surface area contributed by atoms with E-state index >= 15 is 0 Å². The van der Waals surface area contributed by atoms with Crippen molar-refractivity contribution in [3.8, 4) is 11.5 Å². The minimum Gasteiger partial charge on any atom is -0.487 e. The first-order chi connectivity index (χ1) is 17.0. The predicted molar refractivity (Wildman–Crippen MR) is 120 cm³/mol. The number of aliphatic hydroxyl groups excluding tert-OH is 1. The van der Waals surface area contributed by atoms with Crippen LogP contribution in [0.2, 0.25) is 5.02 Å². The number of benzene rings is 1. The first-order valence-electron chi connectivity index (χ1n) is 11.9. The number of alkyl halides is 3. The predicted octanol–water partition coefficient (Wildman–Crippen LogP) is 4.01. The molecule has 4 aliphatic carbocycles. The van der Waals surface area contributed by atoms with Gasteiger partial charge in [0.15, 0.2) is 11.9 Å². The van der Waals surface area contributed by atoms with Crippen molar-refractivity contribution >= 4 is 17.5 Å². The molecule has 1 amide bonds. The molecular weight excluding hydrogens is 503 g/mol. The van der Waals surface area contributed by atoms with Crippen LogP contribution in [0.1, 0.15) is 56.6 Å². The SMILES string of the molecule is O=C(NC12CC(n3cc(O[C@H]4CC[C@H](OC(F)(F)F)C4)cn3)(C1)C2)[C@H]1C[C@@H](O)c2cc(Cl)ccc2O1. The molecule has 2 heterocycles. The van der Waals surface area contributed by atoms with Crippen LogP contribution >= 0.6 is 11.6 Å². The summed E-state index contributed by atoms with van der Waals surface area (Å²) < 4.78 is 54.9. The smallest absolute Gasteiger partial charge is 0.487 e. The van der Waals surface area contributed by atoms with E-state index in [9.17, 15) is 23.1 Å². The lowest BCUT2D eigenvalue weighted by Crippen LogP contribution is -2.79. The van der Waals surface area contributed by atoms with Gasteiger partial charge in [0.25, 0.3) is 5.91 Å². The van der Waals surface area contributed by atoms with Crippen molar-refractivity contribution in [2.24, 2.45) is 0 Å². The van der Waals surface area contributed by atoms with E-state index in [1.54, 1.807) is 30.6 Å². The van der Waals surface area contributed by atoms with Gasteiger partial charge in [-0.15, -0.1) is 13.2 Å². The summed E-state index contributed by atoms with van der Waals surface area (Å²) >= 11 is 5.99. The number of halogens is 4. The van der Waals surface area contributed by atoms with Crippen molar-refractivity contribution in [3.05, 3.63) is 41.2 Å². The maximum Gasteiger partial charge on any atom is 0.522 e. The highest BCUT2D eigenvalue weighted by Gasteiger charge is 2.70. The molecule has 194 valence electrons. The maximum absolute atomic E-state index is 12.9. The fourth-order valence-electron chi connectivity index (χ4n) is 6.15. The molecule has 2 bridgehead atoms. The average Bonchev–Trinajstić information content (AvgIpc) is 3.38. The highest BCUT2D eigenvalue weighted by atomic mass is 35.5. The molecule has 4 fully saturated rings. The number of hydrogen-bond donors (Lipinski definition) is 2. The molecule has 36 heavy (non-hydrogen) atoms.